The highest BCUT2D eigenvalue weighted by molar-refractivity contribution is 6.05. The van der Waals surface area contributed by atoms with Crippen LogP contribution in [0.5, 0.6) is 0 Å². The van der Waals surface area contributed by atoms with Gasteiger partial charge in [-0.2, -0.15) is 0 Å². The van der Waals surface area contributed by atoms with Crippen molar-refractivity contribution < 1.29 is 18.4 Å². The fourth-order valence-corrected chi connectivity index (χ4v) is 2.54. The van der Waals surface area contributed by atoms with Gasteiger partial charge in [-0.15, -0.1) is 0 Å². The Kier molecular flexibility index (Phi) is 4.06. The molecular weight excluding hydrogens is 302 g/mol. The monoisotopic (exact) mass is 316 g/mol. The largest absolute Gasteiger partial charge is 0.317 e. The van der Waals surface area contributed by atoms with Crippen molar-refractivity contribution in [3.63, 3.8) is 0 Å². The van der Waals surface area contributed by atoms with Gasteiger partial charge in [0.2, 0.25) is 5.91 Å². The number of hydrogen-bond acceptors (Lipinski definition) is 2. The lowest BCUT2D eigenvalue weighted by atomic mass is 10.1. The number of benzene rings is 2. The summed E-state index contributed by atoms with van der Waals surface area (Å²) in [5.74, 6) is -2.32. The molecule has 6 heteroatoms. The zero-order valence-electron chi connectivity index (χ0n) is 12.2. The van der Waals surface area contributed by atoms with E-state index in [1.807, 2.05) is 0 Å². The minimum atomic E-state index is -0.843. The molecule has 1 saturated heterocycles. The summed E-state index contributed by atoms with van der Waals surface area (Å²) in [6.07, 6.45) is 1.26. The maximum atomic E-state index is 13.6. The number of carbonyl (C=O) groups excluding carboxylic acids is 2. The predicted molar refractivity (Wildman–Crippen MR) is 82.3 cm³/mol. The van der Waals surface area contributed by atoms with E-state index in [9.17, 15) is 18.4 Å². The lowest BCUT2D eigenvalue weighted by Gasteiger charge is -2.16. The molecule has 2 amide bonds. The first-order valence-corrected chi connectivity index (χ1v) is 7.22. The van der Waals surface area contributed by atoms with Crippen LogP contribution in [0.4, 0.5) is 20.2 Å². The molecule has 0 saturated carbocycles. The standard InChI is InChI=1S/C17H14F2N2O2/c18-13-6-2-7-14(19)16(13)20-17(23)11-4-1-5-12(10-11)21-9-3-8-15(21)22/h1-2,4-7,10H,3,8-9H2,(H,20,23). The molecule has 1 N–H and O–H groups in total. The van der Waals surface area contributed by atoms with Gasteiger partial charge in [0.05, 0.1) is 0 Å². The van der Waals surface area contributed by atoms with Crippen LogP contribution in [-0.2, 0) is 4.79 Å². The first-order chi connectivity index (χ1) is 11.1. The van der Waals surface area contributed by atoms with Gasteiger partial charge in [0.15, 0.2) is 0 Å². The van der Waals surface area contributed by atoms with E-state index in [2.05, 4.69) is 5.32 Å². The highest BCUT2D eigenvalue weighted by Crippen LogP contribution is 2.23. The maximum Gasteiger partial charge on any atom is 0.255 e. The third-order valence-electron chi connectivity index (χ3n) is 3.69. The quantitative estimate of drug-likeness (QED) is 0.944. The summed E-state index contributed by atoms with van der Waals surface area (Å²) in [6, 6.07) is 9.78. The van der Waals surface area contributed by atoms with E-state index in [0.29, 0.717) is 18.7 Å². The minimum Gasteiger partial charge on any atom is -0.317 e. The van der Waals surface area contributed by atoms with Crippen molar-refractivity contribution in [3.05, 3.63) is 59.7 Å². The number of nitrogens with one attached hydrogen (secondary N) is 1. The molecule has 0 bridgehead atoms. The molecule has 2 aromatic carbocycles. The molecule has 118 valence electrons. The summed E-state index contributed by atoms with van der Waals surface area (Å²) in [5.41, 5.74) is 0.346. The van der Waals surface area contributed by atoms with Crippen molar-refractivity contribution in [1.82, 2.24) is 0 Å². The van der Waals surface area contributed by atoms with E-state index >= 15 is 0 Å². The fourth-order valence-electron chi connectivity index (χ4n) is 2.54. The Labute approximate surface area is 131 Å². The molecule has 0 radical (unpaired) electrons. The number of carbonyl (C=O) groups is 2. The summed E-state index contributed by atoms with van der Waals surface area (Å²) < 4.78 is 27.2. The molecule has 2 aromatic rings. The van der Waals surface area contributed by atoms with Crippen LogP contribution >= 0.6 is 0 Å². The second kappa shape index (κ2) is 6.16. The van der Waals surface area contributed by atoms with Crippen LogP contribution < -0.4 is 10.2 Å². The van der Waals surface area contributed by atoms with E-state index in [-0.39, 0.29) is 11.5 Å². The number of rotatable bonds is 3. The maximum absolute atomic E-state index is 13.6. The zero-order chi connectivity index (χ0) is 16.4. The normalized spacial score (nSPS) is 14.2. The molecule has 3 rings (SSSR count). The van der Waals surface area contributed by atoms with Gasteiger partial charge in [-0.05, 0) is 36.8 Å². The Morgan fingerprint density at radius 2 is 1.78 bits per heavy atom. The minimum absolute atomic E-state index is 0.00251. The number of anilines is 2. The summed E-state index contributed by atoms with van der Waals surface area (Å²) in [6.45, 7) is 0.603. The number of para-hydroxylation sites is 1. The van der Waals surface area contributed by atoms with Crippen molar-refractivity contribution >= 4 is 23.2 Å². The van der Waals surface area contributed by atoms with Gasteiger partial charge >= 0.3 is 0 Å². The molecule has 0 unspecified atom stereocenters. The summed E-state index contributed by atoms with van der Waals surface area (Å²) in [7, 11) is 0. The molecule has 4 nitrogen and oxygen atoms in total. The van der Waals surface area contributed by atoms with E-state index in [1.165, 1.54) is 18.2 Å². The fraction of sp³-hybridized carbons (Fsp3) is 0.176. The van der Waals surface area contributed by atoms with Gasteiger partial charge in [-0.25, -0.2) is 8.78 Å². The van der Waals surface area contributed by atoms with Gasteiger partial charge in [0.1, 0.15) is 17.3 Å². The van der Waals surface area contributed by atoms with Crippen LogP contribution in [0.2, 0.25) is 0 Å². The second-order valence-electron chi connectivity index (χ2n) is 5.25. The Morgan fingerprint density at radius 1 is 1.09 bits per heavy atom. The molecule has 1 aliphatic rings. The first-order valence-electron chi connectivity index (χ1n) is 7.22. The van der Waals surface area contributed by atoms with Crippen LogP contribution in [0.3, 0.4) is 0 Å². The summed E-state index contributed by atoms with van der Waals surface area (Å²) >= 11 is 0. The van der Waals surface area contributed by atoms with Gasteiger partial charge in [-0.3, -0.25) is 9.59 Å². The molecule has 1 aliphatic heterocycles. The van der Waals surface area contributed by atoms with Crippen molar-refractivity contribution in [2.24, 2.45) is 0 Å². The predicted octanol–water partition coefficient (Wildman–Crippen LogP) is 3.34. The van der Waals surface area contributed by atoms with Gasteiger partial charge in [-0.1, -0.05) is 12.1 Å². The van der Waals surface area contributed by atoms with E-state index in [0.717, 1.165) is 18.6 Å². The molecule has 0 aromatic heterocycles. The van der Waals surface area contributed by atoms with Crippen LogP contribution in [0.25, 0.3) is 0 Å². The Bertz CT molecular complexity index is 757. The smallest absolute Gasteiger partial charge is 0.255 e. The molecular formula is C17H14F2N2O2. The van der Waals surface area contributed by atoms with Crippen molar-refractivity contribution in [1.29, 1.82) is 0 Å². The highest BCUT2D eigenvalue weighted by Gasteiger charge is 2.22. The van der Waals surface area contributed by atoms with E-state index < -0.39 is 23.2 Å². The number of halogens is 2. The average Bonchev–Trinajstić information content (AvgIpc) is 2.97. The van der Waals surface area contributed by atoms with Crippen molar-refractivity contribution in [2.75, 3.05) is 16.8 Å². The van der Waals surface area contributed by atoms with E-state index in [4.69, 9.17) is 0 Å². The van der Waals surface area contributed by atoms with Crippen LogP contribution in [0.1, 0.15) is 23.2 Å². The first kappa shape index (κ1) is 15.1. The number of nitrogens with zero attached hydrogens (tertiary/aromatic N) is 1. The second-order valence-corrected chi connectivity index (χ2v) is 5.25. The van der Waals surface area contributed by atoms with Gasteiger partial charge < -0.3 is 10.2 Å². The van der Waals surface area contributed by atoms with E-state index in [1.54, 1.807) is 17.0 Å². The molecule has 1 fully saturated rings. The molecule has 0 atom stereocenters. The topological polar surface area (TPSA) is 49.4 Å². The number of amides is 2. The molecule has 1 heterocycles. The SMILES string of the molecule is O=C(Nc1c(F)cccc1F)c1cccc(N2CCCC2=O)c1. The number of hydrogen-bond donors (Lipinski definition) is 1. The third-order valence-corrected chi connectivity index (χ3v) is 3.69. The third kappa shape index (κ3) is 3.06. The van der Waals surface area contributed by atoms with Gasteiger partial charge in [0.25, 0.3) is 5.91 Å². The average molecular weight is 316 g/mol. The van der Waals surface area contributed by atoms with Crippen molar-refractivity contribution in [3.8, 4) is 0 Å². The highest BCUT2D eigenvalue weighted by atomic mass is 19.1. The van der Waals surface area contributed by atoms with Crippen LogP contribution in [0, 0.1) is 11.6 Å². The van der Waals surface area contributed by atoms with Crippen LogP contribution in [-0.4, -0.2) is 18.4 Å². The van der Waals surface area contributed by atoms with Gasteiger partial charge in [0, 0.05) is 24.2 Å². The Hall–Kier alpha value is -2.76. The molecule has 23 heavy (non-hydrogen) atoms. The Balaban J connectivity index is 1.84. The summed E-state index contributed by atoms with van der Waals surface area (Å²) in [5, 5.41) is 2.23. The molecule has 0 spiro atoms. The van der Waals surface area contributed by atoms with Crippen molar-refractivity contribution in [2.45, 2.75) is 12.8 Å². The lowest BCUT2D eigenvalue weighted by Crippen LogP contribution is -2.24. The summed E-state index contributed by atoms with van der Waals surface area (Å²) in [4.78, 5) is 25.6. The Morgan fingerprint density at radius 3 is 2.43 bits per heavy atom. The molecule has 0 aliphatic carbocycles. The zero-order valence-corrected chi connectivity index (χ0v) is 12.2. The van der Waals surface area contributed by atoms with Crippen LogP contribution in [0.15, 0.2) is 42.5 Å². The lowest BCUT2D eigenvalue weighted by molar-refractivity contribution is -0.117.